The van der Waals surface area contributed by atoms with Crippen molar-refractivity contribution in [1.29, 1.82) is 0 Å². The van der Waals surface area contributed by atoms with Gasteiger partial charge in [-0.1, -0.05) is 0 Å². The monoisotopic (exact) mass is 695 g/mol. The minimum atomic E-state index is 0.372. The van der Waals surface area contributed by atoms with Crippen molar-refractivity contribution in [1.82, 2.24) is 4.57 Å². The van der Waals surface area contributed by atoms with Gasteiger partial charge in [0.2, 0.25) is 0 Å². The third-order valence-electron chi connectivity index (χ3n) is 8.40. The van der Waals surface area contributed by atoms with Gasteiger partial charge in [-0.05, 0) is 0 Å². The molecular formula is C35H21NOS2Se2. The number of furan rings is 1. The Hall–Kier alpha value is -3.08. The number of nitrogens with zero attached hydrogens (tertiary/aromatic N) is 1. The van der Waals surface area contributed by atoms with Gasteiger partial charge in [0.05, 0.1) is 0 Å². The molecule has 2 nitrogen and oxygen atoms in total. The summed E-state index contributed by atoms with van der Waals surface area (Å²) >= 11 is 4.71. The van der Waals surface area contributed by atoms with Gasteiger partial charge >= 0.3 is 256 Å². The van der Waals surface area contributed by atoms with E-state index >= 15 is 0 Å². The number of aromatic nitrogens is 1. The predicted molar refractivity (Wildman–Crippen MR) is 182 cm³/mol. The molecule has 0 fully saturated rings. The fraction of sp³-hybridized carbons (Fsp3) is 0.0857. The van der Waals surface area contributed by atoms with Crippen LogP contribution in [0.2, 0.25) is 0 Å². The molecule has 4 aromatic carbocycles. The van der Waals surface area contributed by atoms with Crippen molar-refractivity contribution >= 4 is 131 Å². The molecule has 6 heterocycles. The number of hydrogen-bond acceptors (Lipinski definition) is 3. The quantitative estimate of drug-likeness (QED) is 0.157. The van der Waals surface area contributed by atoms with Crippen molar-refractivity contribution in [3.63, 3.8) is 0 Å². The molecule has 0 aliphatic carbocycles. The van der Waals surface area contributed by atoms with E-state index in [-0.39, 0.29) is 0 Å². The Morgan fingerprint density at radius 3 is 2.15 bits per heavy atom. The Morgan fingerprint density at radius 2 is 1.29 bits per heavy atom. The second-order valence-electron chi connectivity index (χ2n) is 11.2. The van der Waals surface area contributed by atoms with E-state index in [1.807, 2.05) is 22.7 Å². The first kappa shape index (κ1) is 23.5. The Balaban J connectivity index is 1.33. The molecular weight excluding hydrogens is 672 g/mol. The van der Waals surface area contributed by atoms with Gasteiger partial charge < -0.3 is 0 Å². The van der Waals surface area contributed by atoms with Crippen LogP contribution in [0.5, 0.6) is 0 Å². The summed E-state index contributed by atoms with van der Waals surface area (Å²) in [4.78, 5) is 0. The molecule has 0 radical (unpaired) electrons. The van der Waals surface area contributed by atoms with Crippen molar-refractivity contribution in [2.24, 2.45) is 0 Å². The van der Waals surface area contributed by atoms with Gasteiger partial charge in [0.25, 0.3) is 0 Å². The van der Waals surface area contributed by atoms with Crippen molar-refractivity contribution in [3.8, 4) is 5.69 Å². The molecule has 10 aromatic rings. The summed E-state index contributed by atoms with van der Waals surface area (Å²) in [5.74, 6) is 0. The minimum absolute atomic E-state index is 0.372. The van der Waals surface area contributed by atoms with Gasteiger partial charge in [0.1, 0.15) is 0 Å². The second kappa shape index (κ2) is 8.05. The Morgan fingerprint density at radius 1 is 0.585 bits per heavy atom. The summed E-state index contributed by atoms with van der Waals surface area (Å²) in [6, 6.07) is 27.6. The average Bonchev–Trinajstić information content (AvgIpc) is 3.76. The summed E-state index contributed by atoms with van der Waals surface area (Å²) in [6.07, 6.45) is 0. The molecule has 0 spiro atoms. The molecule has 0 saturated heterocycles. The number of aryl methyl sites for hydroxylation is 3. The molecule has 0 aliphatic rings. The molecule has 0 N–H and O–H groups in total. The molecule has 6 heteroatoms. The molecule has 41 heavy (non-hydrogen) atoms. The van der Waals surface area contributed by atoms with Crippen molar-refractivity contribution < 1.29 is 4.42 Å². The van der Waals surface area contributed by atoms with E-state index in [4.69, 9.17) is 4.42 Å². The standard InChI is InChI=1S/C35H21NOS2Se2/c1-16-4-8-19(9-5-16)36-28-20-10-6-17(2)12-24(20)37-30(28)31-29(36)22-14-26-23(15-25(22)38-31)33-32(39-26)35-34(41-33)21-11-7-18(3)13-27(21)40-35/h4-15H,1-3H3. The van der Waals surface area contributed by atoms with E-state index in [0.717, 1.165) is 11.2 Å². The molecule has 0 amide bonds. The Kier molecular flexibility index (Phi) is 4.61. The third kappa shape index (κ3) is 3.08. The first-order valence-corrected chi connectivity index (χ1v) is 18.7. The zero-order chi connectivity index (χ0) is 27.1. The summed E-state index contributed by atoms with van der Waals surface area (Å²) in [6.45, 7) is 6.51. The first-order valence-electron chi connectivity index (χ1n) is 13.7. The number of fused-ring (bicyclic) bond motifs is 14. The van der Waals surface area contributed by atoms with Crippen LogP contribution in [-0.2, 0) is 0 Å². The fourth-order valence-corrected chi connectivity index (χ4v) is 16.3. The molecule has 0 unspecified atom stereocenters. The molecule has 6 aromatic heterocycles. The maximum atomic E-state index is 6.64. The van der Waals surface area contributed by atoms with Crippen LogP contribution in [0.15, 0.2) is 77.2 Å². The van der Waals surface area contributed by atoms with Crippen LogP contribution in [0.1, 0.15) is 16.7 Å². The van der Waals surface area contributed by atoms with Gasteiger partial charge in [0.15, 0.2) is 0 Å². The number of benzene rings is 4. The molecule has 0 saturated carbocycles. The Labute approximate surface area is 254 Å². The molecule has 0 atom stereocenters. The summed E-state index contributed by atoms with van der Waals surface area (Å²) in [5.41, 5.74) is 9.49. The van der Waals surface area contributed by atoms with E-state index < -0.39 is 0 Å². The van der Waals surface area contributed by atoms with Crippen molar-refractivity contribution in [3.05, 3.63) is 89.5 Å². The van der Waals surface area contributed by atoms with Crippen LogP contribution in [-0.4, -0.2) is 33.6 Å². The van der Waals surface area contributed by atoms with E-state index in [9.17, 15) is 0 Å². The number of rotatable bonds is 1. The molecule has 10 rings (SSSR count). The van der Waals surface area contributed by atoms with E-state index in [0.29, 0.717) is 29.0 Å². The topological polar surface area (TPSA) is 18.1 Å². The van der Waals surface area contributed by atoms with Gasteiger partial charge in [-0.25, -0.2) is 0 Å². The van der Waals surface area contributed by atoms with Gasteiger partial charge in [0, 0.05) is 0 Å². The zero-order valence-electron chi connectivity index (χ0n) is 22.4. The van der Waals surface area contributed by atoms with Crippen LogP contribution in [0.25, 0.3) is 85.3 Å². The molecule has 196 valence electrons. The third-order valence-corrected chi connectivity index (χ3v) is 17.0. The van der Waals surface area contributed by atoms with Crippen LogP contribution < -0.4 is 0 Å². The normalized spacial score (nSPS) is 12.8. The average molecular weight is 694 g/mol. The van der Waals surface area contributed by atoms with E-state index in [1.54, 1.807) is 21.7 Å². The summed E-state index contributed by atoms with van der Waals surface area (Å²) in [5, 5.41) is 5.51. The predicted octanol–water partition coefficient (Wildman–Crippen LogP) is 10.5. The van der Waals surface area contributed by atoms with E-state index in [1.165, 1.54) is 69.1 Å². The second-order valence-corrected chi connectivity index (χ2v) is 17.7. The SMILES string of the molecule is Cc1ccc(-n2c3c4ccc(C)cc4oc3c3sc4cc5c(cc4c32)sc2c5[se]c3c4ccc(C)cc4[se]c23)cc1. The molecule has 0 bridgehead atoms. The van der Waals surface area contributed by atoms with Crippen LogP contribution in [0, 0.1) is 20.8 Å². The van der Waals surface area contributed by atoms with Gasteiger partial charge in [-0.2, -0.15) is 0 Å². The fourth-order valence-electron chi connectivity index (χ4n) is 6.44. The first-order chi connectivity index (χ1) is 20.0. The van der Waals surface area contributed by atoms with Crippen LogP contribution in [0.4, 0.5) is 0 Å². The van der Waals surface area contributed by atoms with Crippen LogP contribution in [0.3, 0.4) is 0 Å². The zero-order valence-corrected chi connectivity index (χ0v) is 27.5. The summed E-state index contributed by atoms with van der Waals surface area (Å²) in [7, 11) is 0. The van der Waals surface area contributed by atoms with Crippen LogP contribution >= 0.6 is 22.7 Å². The van der Waals surface area contributed by atoms with Crippen molar-refractivity contribution in [2.75, 3.05) is 0 Å². The van der Waals surface area contributed by atoms with Gasteiger partial charge in [-0.15, -0.1) is 0 Å². The maximum absolute atomic E-state index is 6.64. The van der Waals surface area contributed by atoms with E-state index in [2.05, 4.69) is 98.1 Å². The summed E-state index contributed by atoms with van der Waals surface area (Å²) < 4.78 is 21.2. The Bertz CT molecular complexity index is 2720. The van der Waals surface area contributed by atoms with Crippen molar-refractivity contribution in [2.45, 2.75) is 20.8 Å². The number of thiophene rings is 2. The molecule has 0 aliphatic heterocycles. The number of hydrogen-bond donors (Lipinski definition) is 0. The van der Waals surface area contributed by atoms with Gasteiger partial charge in [-0.3, -0.25) is 0 Å².